The van der Waals surface area contributed by atoms with E-state index < -0.39 is 0 Å². The number of nitrogens with two attached hydrogens (primary N) is 1. The molecule has 19 heavy (non-hydrogen) atoms. The van der Waals surface area contributed by atoms with Crippen LogP contribution >= 0.6 is 50.3 Å². The molecule has 3 aromatic rings. The molecule has 96 valence electrons. The highest BCUT2D eigenvalue weighted by Gasteiger charge is 2.09. The van der Waals surface area contributed by atoms with Gasteiger partial charge >= 0.3 is 0 Å². The number of anilines is 1. The summed E-state index contributed by atoms with van der Waals surface area (Å²) in [7, 11) is 0. The zero-order valence-corrected chi connectivity index (χ0v) is 14.0. The van der Waals surface area contributed by atoms with Crippen molar-refractivity contribution in [3.8, 4) is 0 Å². The van der Waals surface area contributed by atoms with Gasteiger partial charge in [0.2, 0.25) is 0 Å². The Bertz CT molecular complexity index is 740. The maximum Gasteiger partial charge on any atom is 0.172 e. The Morgan fingerprint density at radius 1 is 1.26 bits per heavy atom. The Morgan fingerprint density at radius 2 is 2.11 bits per heavy atom. The molecule has 0 aliphatic heterocycles. The predicted molar refractivity (Wildman–Crippen MR) is 87.1 cm³/mol. The van der Waals surface area contributed by atoms with Crippen molar-refractivity contribution in [2.24, 2.45) is 0 Å². The smallest absolute Gasteiger partial charge is 0.172 e. The molecule has 3 N–H and O–H groups in total. The van der Waals surface area contributed by atoms with E-state index in [0.29, 0.717) is 17.0 Å². The average molecular weight is 448 g/mol. The van der Waals surface area contributed by atoms with Crippen LogP contribution in [0.2, 0.25) is 0 Å². The number of aromatic nitrogens is 4. The van der Waals surface area contributed by atoms with Gasteiger partial charge in [0.05, 0.1) is 0 Å². The Hall–Kier alpha value is -0.870. The summed E-state index contributed by atoms with van der Waals surface area (Å²) in [6.07, 6.45) is 1.42. The molecule has 0 aliphatic carbocycles. The van der Waals surface area contributed by atoms with Crippen molar-refractivity contribution < 1.29 is 0 Å². The van der Waals surface area contributed by atoms with E-state index in [1.165, 1.54) is 18.1 Å². The summed E-state index contributed by atoms with van der Waals surface area (Å²) in [5.41, 5.74) is 7.02. The maximum absolute atomic E-state index is 5.76. The fourth-order valence-corrected chi connectivity index (χ4v) is 4.41. The van der Waals surface area contributed by atoms with Crippen LogP contribution in [0.3, 0.4) is 0 Å². The van der Waals surface area contributed by atoms with Crippen LogP contribution in [-0.2, 0) is 0 Å². The first kappa shape index (κ1) is 13.1. The lowest BCUT2D eigenvalue weighted by Gasteiger charge is -2.00. The first-order valence-electron chi connectivity index (χ1n) is 5.22. The van der Waals surface area contributed by atoms with Crippen molar-refractivity contribution >= 4 is 67.3 Å². The average Bonchev–Trinajstić information content (AvgIpc) is 2.71. The van der Waals surface area contributed by atoms with Crippen LogP contribution in [0.4, 0.5) is 5.82 Å². The van der Waals surface area contributed by atoms with Crippen LogP contribution in [0, 0.1) is 3.57 Å². The van der Waals surface area contributed by atoms with E-state index in [2.05, 4.69) is 64.5 Å². The number of hydrogen-bond donors (Lipinski definition) is 2. The van der Waals surface area contributed by atoms with Gasteiger partial charge in [-0.15, -0.1) is 0 Å². The fraction of sp³-hybridized carbons (Fsp3) is 0. The van der Waals surface area contributed by atoms with Crippen molar-refractivity contribution in [3.05, 3.63) is 32.6 Å². The molecule has 0 spiro atoms. The van der Waals surface area contributed by atoms with Gasteiger partial charge in [-0.25, -0.2) is 15.0 Å². The topological polar surface area (TPSA) is 80.5 Å². The van der Waals surface area contributed by atoms with Crippen LogP contribution in [0.15, 0.2) is 39.1 Å². The van der Waals surface area contributed by atoms with Crippen LogP contribution in [0.5, 0.6) is 0 Å². The summed E-state index contributed by atoms with van der Waals surface area (Å²) in [4.78, 5) is 16.6. The Kier molecular flexibility index (Phi) is 3.63. The van der Waals surface area contributed by atoms with Crippen molar-refractivity contribution in [2.45, 2.75) is 10.1 Å². The summed E-state index contributed by atoms with van der Waals surface area (Å²) in [6, 6.07) is 6.17. The molecule has 0 saturated heterocycles. The molecule has 1 aromatic carbocycles. The Balaban J connectivity index is 1.99. The molecular weight excluding hydrogens is 441 g/mol. The standard InChI is InChI=1S/C11H7BrIN5S/c12-5-1-6(13)3-7(2-5)19-11-17-8-9(14)15-4-16-10(8)18-11/h1-4H,(H3,14,15,16,17,18). The molecule has 0 radical (unpaired) electrons. The third kappa shape index (κ3) is 2.84. The highest BCUT2D eigenvalue weighted by Crippen LogP contribution is 2.30. The molecule has 0 amide bonds. The number of H-pyrrole nitrogens is 1. The van der Waals surface area contributed by atoms with Gasteiger partial charge in [0.15, 0.2) is 22.1 Å². The highest BCUT2D eigenvalue weighted by atomic mass is 127. The second-order valence-electron chi connectivity index (χ2n) is 3.71. The van der Waals surface area contributed by atoms with Crippen LogP contribution < -0.4 is 5.73 Å². The first-order valence-corrected chi connectivity index (χ1v) is 7.91. The SMILES string of the molecule is Nc1ncnc2[nH]c(Sc3cc(Br)cc(I)c3)nc12. The normalized spacial score (nSPS) is 11.1. The number of rotatable bonds is 2. The number of nitrogens with zero attached hydrogens (tertiary/aromatic N) is 3. The van der Waals surface area contributed by atoms with E-state index in [-0.39, 0.29) is 0 Å². The molecule has 0 aliphatic rings. The third-order valence-electron chi connectivity index (χ3n) is 2.34. The van der Waals surface area contributed by atoms with Gasteiger partial charge in [0, 0.05) is 12.9 Å². The Morgan fingerprint density at radius 3 is 2.84 bits per heavy atom. The number of imidazole rings is 1. The molecule has 5 nitrogen and oxygen atoms in total. The molecule has 0 atom stereocenters. The Labute approximate surface area is 135 Å². The number of nitrogen functional groups attached to an aromatic ring is 1. The molecular formula is C11H7BrIN5S. The van der Waals surface area contributed by atoms with Gasteiger partial charge in [-0.05, 0) is 40.8 Å². The number of nitrogens with one attached hydrogen (secondary N) is 1. The quantitative estimate of drug-likeness (QED) is 0.588. The van der Waals surface area contributed by atoms with E-state index in [1.807, 2.05) is 12.1 Å². The van der Waals surface area contributed by atoms with Gasteiger partial charge in [0.25, 0.3) is 0 Å². The van der Waals surface area contributed by atoms with E-state index >= 15 is 0 Å². The molecule has 0 saturated carbocycles. The van der Waals surface area contributed by atoms with E-state index in [4.69, 9.17) is 5.73 Å². The molecule has 0 bridgehead atoms. The van der Waals surface area contributed by atoms with Crippen molar-refractivity contribution in [1.82, 2.24) is 19.9 Å². The number of halogens is 2. The highest BCUT2D eigenvalue weighted by molar-refractivity contribution is 14.1. The number of aromatic amines is 1. The van der Waals surface area contributed by atoms with Crippen LogP contribution in [-0.4, -0.2) is 19.9 Å². The van der Waals surface area contributed by atoms with Crippen molar-refractivity contribution in [3.63, 3.8) is 0 Å². The lowest BCUT2D eigenvalue weighted by atomic mass is 10.4. The second-order valence-corrected chi connectivity index (χ2v) is 6.93. The van der Waals surface area contributed by atoms with Gasteiger partial charge in [-0.1, -0.05) is 27.7 Å². The third-order valence-corrected chi connectivity index (χ3v) is 4.28. The minimum atomic E-state index is 0.386. The largest absolute Gasteiger partial charge is 0.382 e. The van der Waals surface area contributed by atoms with E-state index in [1.54, 1.807) is 0 Å². The van der Waals surface area contributed by atoms with Crippen LogP contribution in [0.1, 0.15) is 0 Å². The van der Waals surface area contributed by atoms with Gasteiger partial charge in [-0.2, -0.15) is 0 Å². The lowest BCUT2D eigenvalue weighted by molar-refractivity contribution is 1.07. The van der Waals surface area contributed by atoms with Gasteiger partial charge < -0.3 is 10.7 Å². The molecule has 0 fully saturated rings. The summed E-state index contributed by atoms with van der Waals surface area (Å²) in [5.74, 6) is 0.386. The van der Waals surface area contributed by atoms with Gasteiger partial charge in [0.1, 0.15) is 6.33 Å². The minimum absolute atomic E-state index is 0.386. The number of fused-ring (bicyclic) bond motifs is 1. The van der Waals surface area contributed by atoms with Gasteiger partial charge in [-0.3, -0.25) is 0 Å². The molecule has 3 rings (SSSR count). The molecule has 2 heterocycles. The lowest BCUT2D eigenvalue weighted by Crippen LogP contribution is -1.91. The summed E-state index contributed by atoms with van der Waals surface area (Å²) >= 11 is 7.28. The zero-order valence-electron chi connectivity index (χ0n) is 9.39. The van der Waals surface area contributed by atoms with Crippen molar-refractivity contribution in [2.75, 3.05) is 5.73 Å². The minimum Gasteiger partial charge on any atom is -0.382 e. The zero-order chi connectivity index (χ0) is 13.4. The predicted octanol–water partition coefficient (Wildman–Crippen LogP) is 3.45. The molecule has 8 heteroatoms. The first-order chi connectivity index (χ1) is 9.11. The number of hydrogen-bond acceptors (Lipinski definition) is 5. The van der Waals surface area contributed by atoms with Crippen molar-refractivity contribution in [1.29, 1.82) is 0 Å². The molecule has 0 unspecified atom stereocenters. The second kappa shape index (κ2) is 5.25. The van der Waals surface area contributed by atoms with Crippen LogP contribution in [0.25, 0.3) is 11.2 Å². The number of benzene rings is 1. The summed E-state index contributed by atoms with van der Waals surface area (Å²) in [6.45, 7) is 0. The monoisotopic (exact) mass is 447 g/mol. The fourth-order valence-electron chi connectivity index (χ4n) is 1.57. The molecule has 2 aromatic heterocycles. The maximum atomic E-state index is 5.76. The summed E-state index contributed by atoms with van der Waals surface area (Å²) < 4.78 is 2.20. The summed E-state index contributed by atoms with van der Waals surface area (Å²) in [5, 5.41) is 0.746. The van der Waals surface area contributed by atoms with E-state index in [0.717, 1.165) is 18.1 Å². The van der Waals surface area contributed by atoms with E-state index in [9.17, 15) is 0 Å².